The lowest BCUT2D eigenvalue weighted by atomic mass is 10.00. The Morgan fingerprint density at radius 2 is 1.93 bits per heavy atom. The molecule has 0 radical (unpaired) electrons. The molecule has 0 fully saturated rings. The lowest BCUT2D eigenvalue weighted by Crippen LogP contribution is -2.34. The molecule has 2 heterocycles. The normalized spacial score (nSPS) is 12.4. The van der Waals surface area contributed by atoms with Crippen LogP contribution in [0.5, 0.6) is 5.75 Å². The molecule has 0 spiro atoms. The third kappa shape index (κ3) is 7.10. The summed E-state index contributed by atoms with van der Waals surface area (Å²) in [6.07, 6.45) is 4.49. The molecule has 1 aromatic heterocycles. The van der Waals surface area contributed by atoms with Crippen LogP contribution in [-0.2, 0) is 16.0 Å². The van der Waals surface area contributed by atoms with Crippen molar-refractivity contribution in [3.63, 3.8) is 0 Å². The number of methoxy groups -OCH3 is 1. The number of carbonyl (C=O) groups is 2. The third-order valence-corrected chi connectivity index (χ3v) is 7.17. The number of amides is 2. The molecule has 2 amide bonds. The summed E-state index contributed by atoms with van der Waals surface area (Å²) in [5.74, 6) is 0.788. The molecule has 11 nitrogen and oxygen atoms in total. The van der Waals surface area contributed by atoms with E-state index < -0.39 is 0 Å². The Morgan fingerprint density at radius 3 is 2.62 bits per heavy atom. The van der Waals surface area contributed by atoms with Crippen molar-refractivity contribution < 1.29 is 14.3 Å². The van der Waals surface area contributed by atoms with Gasteiger partial charge in [0, 0.05) is 39.7 Å². The van der Waals surface area contributed by atoms with E-state index in [0.717, 1.165) is 48.6 Å². The smallest absolute Gasteiger partial charge is 0.247 e. The molecule has 4 rings (SSSR count). The standard InChI is InChI=1S/C30H37ClN8O3/c1-7-27(41)33-23-16-24(26(42-6)17-25(23)38(5)15-14-37(3)4)35-30-32-18-21(31)29(36-30)34-22-12-8-10-20-11-9-13-39(19(2)40)28(20)22/h7-8,10,12,16-18H,1,9,11,13-15H2,2-6H3,(H,33,41)(H2,32,34,35,36). The fourth-order valence-corrected chi connectivity index (χ4v) is 4.87. The van der Waals surface area contributed by atoms with Gasteiger partial charge in [-0.2, -0.15) is 4.98 Å². The molecule has 42 heavy (non-hydrogen) atoms. The van der Waals surface area contributed by atoms with Crippen LogP contribution in [-0.4, -0.2) is 74.6 Å². The molecular weight excluding hydrogens is 556 g/mol. The first kappa shape index (κ1) is 30.6. The van der Waals surface area contributed by atoms with Crippen LogP contribution in [0.1, 0.15) is 18.9 Å². The molecule has 222 valence electrons. The molecule has 0 unspecified atom stereocenters. The predicted molar refractivity (Wildman–Crippen MR) is 170 cm³/mol. The van der Waals surface area contributed by atoms with Crippen molar-refractivity contribution in [3.05, 3.63) is 59.8 Å². The van der Waals surface area contributed by atoms with Gasteiger partial charge in [0.2, 0.25) is 17.8 Å². The first-order chi connectivity index (χ1) is 20.1. The SMILES string of the molecule is C=CC(=O)Nc1cc(Nc2ncc(Cl)c(Nc3cccc4c3N(C(C)=O)CCC4)n2)c(OC)cc1N(C)CCN(C)C. The van der Waals surface area contributed by atoms with Gasteiger partial charge in [-0.25, -0.2) is 4.98 Å². The average Bonchev–Trinajstić information content (AvgIpc) is 2.97. The van der Waals surface area contributed by atoms with E-state index in [1.54, 1.807) is 25.0 Å². The summed E-state index contributed by atoms with van der Waals surface area (Å²) in [7, 11) is 7.53. The van der Waals surface area contributed by atoms with Crippen LogP contribution in [0, 0.1) is 0 Å². The van der Waals surface area contributed by atoms with Crippen LogP contribution in [0.15, 0.2) is 49.2 Å². The quantitative estimate of drug-likeness (QED) is 0.263. The molecule has 0 saturated heterocycles. The first-order valence-electron chi connectivity index (χ1n) is 13.6. The molecule has 0 saturated carbocycles. The van der Waals surface area contributed by atoms with Gasteiger partial charge in [-0.05, 0) is 50.7 Å². The summed E-state index contributed by atoms with van der Waals surface area (Å²) in [6.45, 7) is 7.33. The number of anilines is 7. The van der Waals surface area contributed by atoms with Crippen LogP contribution in [0.3, 0.4) is 0 Å². The summed E-state index contributed by atoms with van der Waals surface area (Å²) in [5, 5.41) is 9.70. The number of aromatic nitrogens is 2. The average molecular weight is 593 g/mol. The maximum absolute atomic E-state index is 12.4. The molecule has 3 N–H and O–H groups in total. The monoisotopic (exact) mass is 592 g/mol. The van der Waals surface area contributed by atoms with E-state index in [1.165, 1.54) is 12.3 Å². The molecule has 0 bridgehead atoms. The van der Waals surface area contributed by atoms with Crippen LogP contribution >= 0.6 is 11.6 Å². The number of aryl methyl sites for hydroxylation is 1. The van der Waals surface area contributed by atoms with Crippen molar-refractivity contribution in [3.8, 4) is 5.75 Å². The highest BCUT2D eigenvalue weighted by Crippen LogP contribution is 2.39. The number of fused-ring (bicyclic) bond motifs is 1. The van der Waals surface area contributed by atoms with Gasteiger partial charge in [0.15, 0.2) is 5.82 Å². The maximum atomic E-state index is 12.4. The third-order valence-electron chi connectivity index (χ3n) is 6.90. The first-order valence-corrected chi connectivity index (χ1v) is 14.0. The van der Waals surface area contributed by atoms with E-state index in [1.807, 2.05) is 50.3 Å². The van der Waals surface area contributed by atoms with Crippen molar-refractivity contribution in [2.45, 2.75) is 19.8 Å². The Morgan fingerprint density at radius 1 is 1.14 bits per heavy atom. The van der Waals surface area contributed by atoms with E-state index in [9.17, 15) is 9.59 Å². The van der Waals surface area contributed by atoms with E-state index in [4.69, 9.17) is 16.3 Å². The minimum atomic E-state index is -0.339. The molecular formula is C30H37ClN8O3. The van der Waals surface area contributed by atoms with Gasteiger partial charge in [0.1, 0.15) is 10.8 Å². The van der Waals surface area contributed by atoms with Crippen LogP contribution in [0.25, 0.3) is 0 Å². The molecule has 2 aromatic carbocycles. The Hall–Kier alpha value is -4.35. The number of para-hydroxylation sites is 1. The molecule has 3 aromatic rings. The maximum Gasteiger partial charge on any atom is 0.247 e. The molecule has 0 atom stereocenters. The Labute approximate surface area is 251 Å². The molecule has 0 aliphatic carbocycles. The number of nitrogens with one attached hydrogen (secondary N) is 3. The summed E-state index contributed by atoms with van der Waals surface area (Å²) in [4.78, 5) is 39.6. The summed E-state index contributed by atoms with van der Waals surface area (Å²) >= 11 is 6.51. The van der Waals surface area contributed by atoms with E-state index >= 15 is 0 Å². The van der Waals surface area contributed by atoms with Gasteiger partial charge in [-0.15, -0.1) is 0 Å². The molecule has 1 aliphatic heterocycles. The van der Waals surface area contributed by atoms with Crippen molar-refractivity contribution >= 4 is 63.6 Å². The Balaban J connectivity index is 1.68. The second kappa shape index (κ2) is 13.5. The fraction of sp³-hybridized carbons (Fsp3) is 0.333. The van der Waals surface area contributed by atoms with Gasteiger partial charge < -0.3 is 35.4 Å². The number of hydrogen-bond donors (Lipinski definition) is 3. The zero-order chi connectivity index (χ0) is 30.4. The van der Waals surface area contributed by atoms with E-state index in [0.29, 0.717) is 34.5 Å². The number of benzene rings is 2. The summed E-state index contributed by atoms with van der Waals surface area (Å²) in [5.41, 5.74) is 4.52. The highest BCUT2D eigenvalue weighted by molar-refractivity contribution is 6.33. The second-order valence-electron chi connectivity index (χ2n) is 10.2. The second-order valence-corrected chi connectivity index (χ2v) is 10.6. The van der Waals surface area contributed by atoms with Gasteiger partial charge in [0.05, 0.1) is 41.7 Å². The number of nitrogens with zero attached hydrogens (tertiary/aromatic N) is 5. The van der Waals surface area contributed by atoms with Crippen LogP contribution in [0.2, 0.25) is 5.02 Å². The molecule has 12 heteroatoms. The minimum absolute atomic E-state index is 0.0245. The lowest BCUT2D eigenvalue weighted by molar-refractivity contribution is -0.116. The summed E-state index contributed by atoms with van der Waals surface area (Å²) < 4.78 is 5.70. The zero-order valence-corrected chi connectivity index (χ0v) is 25.4. The fourth-order valence-electron chi connectivity index (χ4n) is 4.74. The van der Waals surface area contributed by atoms with E-state index in [2.05, 4.69) is 37.4 Å². The van der Waals surface area contributed by atoms with Gasteiger partial charge >= 0.3 is 0 Å². The topological polar surface area (TPSA) is 115 Å². The van der Waals surface area contributed by atoms with Crippen LogP contribution < -0.4 is 30.5 Å². The van der Waals surface area contributed by atoms with E-state index in [-0.39, 0.29) is 17.8 Å². The van der Waals surface area contributed by atoms with Gasteiger partial charge in [0.25, 0.3) is 0 Å². The van der Waals surface area contributed by atoms with Crippen molar-refractivity contribution in [2.75, 3.05) is 73.6 Å². The van der Waals surface area contributed by atoms with Crippen molar-refractivity contribution in [1.82, 2.24) is 14.9 Å². The van der Waals surface area contributed by atoms with Crippen molar-refractivity contribution in [1.29, 1.82) is 0 Å². The largest absolute Gasteiger partial charge is 0.494 e. The number of rotatable bonds is 11. The number of carbonyl (C=O) groups excluding carboxylic acids is 2. The Kier molecular flexibility index (Phi) is 9.87. The Bertz CT molecular complexity index is 1480. The van der Waals surface area contributed by atoms with Crippen molar-refractivity contribution in [2.24, 2.45) is 0 Å². The predicted octanol–water partition coefficient (Wildman–Crippen LogP) is 5.05. The molecule has 1 aliphatic rings. The highest BCUT2D eigenvalue weighted by atomic mass is 35.5. The number of halogens is 1. The minimum Gasteiger partial charge on any atom is -0.494 e. The number of hydrogen-bond acceptors (Lipinski definition) is 9. The highest BCUT2D eigenvalue weighted by Gasteiger charge is 2.24. The lowest BCUT2D eigenvalue weighted by Gasteiger charge is -2.31. The van der Waals surface area contributed by atoms with Gasteiger partial charge in [-0.3, -0.25) is 9.59 Å². The zero-order valence-electron chi connectivity index (χ0n) is 24.6. The number of likely N-dealkylation sites (N-methyl/N-ethyl adjacent to an activating group) is 2. The number of ether oxygens (including phenoxy) is 1. The summed E-state index contributed by atoms with van der Waals surface area (Å²) in [6, 6.07) is 9.49. The van der Waals surface area contributed by atoms with Gasteiger partial charge in [-0.1, -0.05) is 30.3 Å². The van der Waals surface area contributed by atoms with Crippen LogP contribution in [0.4, 0.5) is 40.2 Å².